The number of hydrogen-bond donors (Lipinski definition) is 2. The van der Waals surface area contributed by atoms with Gasteiger partial charge in [0.1, 0.15) is 12.0 Å². The Bertz CT molecular complexity index is 524. The van der Waals surface area contributed by atoms with Gasteiger partial charge in [0.05, 0.1) is 7.11 Å². The van der Waals surface area contributed by atoms with E-state index in [2.05, 4.69) is 20.4 Å². The maximum Gasteiger partial charge on any atom is 0.242 e. The number of nitrogens with two attached hydrogens (primary N) is 1. The number of methoxy groups -OCH3 is 1. The molecule has 7 heteroatoms. The molecule has 0 unspecified atom stereocenters. The number of anilines is 2. The molecular weight excluding hydrogens is 232 g/mol. The number of aryl methyl sites for hydroxylation is 1. The lowest BCUT2D eigenvalue weighted by atomic mass is 10.3. The molecule has 0 aliphatic heterocycles. The van der Waals surface area contributed by atoms with Gasteiger partial charge in [0.25, 0.3) is 0 Å². The highest BCUT2D eigenvalue weighted by Gasteiger charge is 2.07. The van der Waals surface area contributed by atoms with E-state index in [1.54, 1.807) is 6.20 Å². The van der Waals surface area contributed by atoms with Gasteiger partial charge < -0.3 is 15.8 Å². The second-order valence-electron chi connectivity index (χ2n) is 3.77. The Balaban J connectivity index is 1.96. The first-order valence-corrected chi connectivity index (χ1v) is 5.57. The van der Waals surface area contributed by atoms with Crippen LogP contribution < -0.4 is 15.8 Å². The minimum atomic E-state index is 0.382. The summed E-state index contributed by atoms with van der Waals surface area (Å²) in [6.07, 6.45) is 4.03. The van der Waals surface area contributed by atoms with Crippen molar-refractivity contribution < 1.29 is 4.74 Å². The predicted molar refractivity (Wildman–Crippen MR) is 68.4 cm³/mol. The van der Waals surface area contributed by atoms with Crippen LogP contribution in [0.3, 0.4) is 0 Å². The molecule has 2 aromatic rings. The maximum absolute atomic E-state index is 5.85. The number of rotatable bonds is 5. The summed E-state index contributed by atoms with van der Waals surface area (Å²) in [5.74, 6) is 0.969. The minimum Gasteiger partial charge on any atom is -0.479 e. The fourth-order valence-electron chi connectivity index (χ4n) is 1.64. The smallest absolute Gasteiger partial charge is 0.242 e. The first-order chi connectivity index (χ1) is 8.72. The van der Waals surface area contributed by atoms with Gasteiger partial charge >= 0.3 is 0 Å². The fourth-order valence-corrected chi connectivity index (χ4v) is 1.64. The average Bonchev–Trinajstić information content (AvgIpc) is 2.77. The summed E-state index contributed by atoms with van der Waals surface area (Å²) in [6, 6.07) is 1.98. The third-order valence-electron chi connectivity index (χ3n) is 2.64. The van der Waals surface area contributed by atoms with Crippen molar-refractivity contribution >= 4 is 11.5 Å². The Kier molecular flexibility index (Phi) is 3.61. The molecule has 0 aliphatic carbocycles. The minimum absolute atomic E-state index is 0.382. The third kappa shape index (κ3) is 2.50. The number of nitrogens with one attached hydrogen (secondary N) is 1. The highest BCUT2D eigenvalue weighted by molar-refractivity contribution is 5.66. The van der Waals surface area contributed by atoms with E-state index in [4.69, 9.17) is 10.5 Å². The van der Waals surface area contributed by atoms with Crippen molar-refractivity contribution in [3.05, 3.63) is 24.3 Å². The van der Waals surface area contributed by atoms with Crippen molar-refractivity contribution in [2.45, 2.75) is 6.42 Å². The second kappa shape index (κ2) is 5.35. The summed E-state index contributed by atoms with van der Waals surface area (Å²) in [7, 11) is 3.44. The van der Waals surface area contributed by atoms with E-state index < -0.39 is 0 Å². The molecule has 2 heterocycles. The lowest BCUT2D eigenvalue weighted by Crippen LogP contribution is -2.11. The predicted octanol–water partition coefficient (Wildman–Crippen LogP) is 0.455. The standard InChI is InChI=1S/C11H16N6O/c1-17-8(4-6-16-17)3-5-13-10-9(12)11(18-2)15-7-14-10/h4,6-7H,3,5,12H2,1-2H3,(H,13,14,15). The van der Waals surface area contributed by atoms with Gasteiger partial charge in [0, 0.05) is 31.9 Å². The molecule has 18 heavy (non-hydrogen) atoms. The van der Waals surface area contributed by atoms with Crippen LogP contribution in [0.2, 0.25) is 0 Å². The van der Waals surface area contributed by atoms with Crippen LogP contribution in [0.25, 0.3) is 0 Å². The average molecular weight is 248 g/mol. The molecule has 96 valence electrons. The van der Waals surface area contributed by atoms with Crippen LogP contribution >= 0.6 is 0 Å². The Morgan fingerprint density at radius 2 is 2.28 bits per heavy atom. The molecular formula is C11H16N6O. The summed E-state index contributed by atoms with van der Waals surface area (Å²) in [6.45, 7) is 0.712. The van der Waals surface area contributed by atoms with Gasteiger partial charge in [-0.05, 0) is 6.07 Å². The quantitative estimate of drug-likeness (QED) is 0.798. The van der Waals surface area contributed by atoms with Crippen LogP contribution in [-0.4, -0.2) is 33.4 Å². The van der Waals surface area contributed by atoms with Gasteiger partial charge in [0.2, 0.25) is 5.88 Å². The molecule has 0 aliphatic rings. The lowest BCUT2D eigenvalue weighted by molar-refractivity contribution is 0.399. The highest BCUT2D eigenvalue weighted by atomic mass is 16.5. The molecule has 2 aromatic heterocycles. The van der Waals surface area contributed by atoms with Gasteiger partial charge in [-0.2, -0.15) is 10.1 Å². The van der Waals surface area contributed by atoms with Crippen LogP contribution in [0.15, 0.2) is 18.6 Å². The number of nitrogen functional groups attached to an aromatic ring is 1. The summed E-state index contributed by atoms with van der Waals surface area (Å²) in [5, 5.41) is 7.26. The number of aromatic nitrogens is 4. The molecule has 0 spiro atoms. The molecule has 3 N–H and O–H groups in total. The van der Waals surface area contributed by atoms with Gasteiger partial charge in [-0.3, -0.25) is 4.68 Å². The molecule has 0 saturated heterocycles. The normalized spacial score (nSPS) is 10.3. The molecule has 0 aromatic carbocycles. The van der Waals surface area contributed by atoms with Crippen molar-refractivity contribution in [1.29, 1.82) is 0 Å². The molecule has 7 nitrogen and oxygen atoms in total. The van der Waals surface area contributed by atoms with Crippen molar-refractivity contribution in [2.24, 2.45) is 7.05 Å². The van der Waals surface area contributed by atoms with Crippen molar-refractivity contribution in [2.75, 3.05) is 24.7 Å². The Labute approximate surface area is 105 Å². The molecule has 0 fully saturated rings. The molecule has 0 radical (unpaired) electrons. The summed E-state index contributed by atoms with van der Waals surface area (Å²) in [5.41, 5.74) is 7.42. The van der Waals surface area contributed by atoms with Crippen LogP contribution in [0.1, 0.15) is 5.69 Å². The Morgan fingerprint density at radius 3 is 2.94 bits per heavy atom. The monoisotopic (exact) mass is 248 g/mol. The van der Waals surface area contributed by atoms with Gasteiger partial charge in [0.15, 0.2) is 5.82 Å². The van der Waals surface area contributed by atoms with Crippen molar-refractivity contribution in [3.8, 4) is 5.88 Å². The van der Waals surface area contributed by atoms with Gasteiger partial charge in [-0.15, -0.1) is 0 Å². The van der Waals surface area contributed by atoms with Crippen LogP contribution in [0.5, 0.6) is 5.88 Å². The van der Waals surface area contributed by atoms with Gasteiger partial charge in [-0.25, -0.2) is 4.98 Å². The summed E-state index contributed by atoms with van der Waals surface area (Å²) >= 11 is 0. The molecule has 0 atom stereocenters. The van der Waals surface area contributed by atoms with Gasteiger partial charge in [-0.1, -0.05) is 0 Å². The first-order valence-electron chi connectivity index (χ1n) is 5.57. The summed E-state index contributed by atoms with van der Waals surface area (Å²) < 4.78 is 6.87. The van der Waals surface area contributed by atoms with E-state index in [0.29, 0.717) is 23.9 Å². The number of hydrogen-bond acceptors (Lipinski definition) is 6. The zero-order valence-electron chi connectivity index (χ0n) is 10.4. The van der Waals surface area contributed by atoms with E-state index in [-0.39, 0.29) is 0 Å². The highest BCUT2D eigenvalue weighted by Crippen LogP contribution is 2.23. The van der Waals surface area contributed by atoms with E-state index >= 15 is 0 Å². The fraction of sp³-hybridized carbons (Fsp3) is 0.364. The maximum atomic E-state index is 5.85. The zero-order valence-corrected chi connectivity index (χ0v) is 10.4. The summed E-state index contributed by atoms with van der Waals surface area (Å²) in [4.78, 5) is 8.00. The topological polar surface area (TPSA) is 90.9 Å². The largest absolute Gasteiger partial charge is 0.479 e. The van der Waals surface area contributed by atoms with Crippen molar-refractivity contribution in [1.82, 2.24) is 19.7 Å². The third-order valence-corrected chi connectivity index (χ3v) is 2.64. The number of nitrogens with zero attached hydrogens (tertiary/aromatic N) is 4. The SMILES string of the molecule is COc1ncnc(NCCc2ccnn2C)c1N. The molecule has 0 bridgehead atoms. The number of ether oxygens (including phenoxy) is 1. The van der Waals surface area contributed by atoms with Crippen LogP contribution in [-0.2, 0) is 13.5 Å². The van der Waals surface area contributed by atoms with E-state index in [1.807, 2.05) is 17.8 Å². The van der Waals surface area contributed by atoms with Crippen LogP contribution in [0, 0.1) is 0 Å². The Morgan fingerprint density at radius 1 is 1.44 bits per heavy atom. The van der Waals surface area contributed by atoms with E-state index in [0.717, 1.165) is 12.1 Å². The molecule has 2 rings (SSSR count). The van der Waals surface area contributed by atoms with Crippen LogP contribution in [0.4, 0.5) is 11.5 Å². The lowest BCUT2D eigenvalue weighted by Gasteiger charge is -2.10. The zero-order chi connectivity index (χ0) is 13.0. The van der Waals surface area contributed by atoms with E-state index in [9.17, 15) is 0 Å². The Hall–Kier alpha value is -2.31. The second-order valence-corrected chi connectivity index (χ2v) is 3.77. The van der Waals surface area contributed by atoms with E-state index in [1.165, 1.54) is 13.4 Å². The first kappa shape index (κ1) is 12.2. The molecule has 0 saturated carbocycles. The molecule has 0 amide bonds. The van der Waals surface area contributed by atoms with Crippen molar-refractivity contribution in [3.63, 3.8) is 0 Å².